The lowest BCUT2D eigenvalue weighted by atomic mass is 10.2. The summed E-state index contributed by atoms with van der Waals surface area (Å²) >= 11 is 6.32. The standard InChI is InChI=1S/C19H19ClN4O/c20-15-6-1-2-7-17(15)23-9-4-10-24(12-11-23)19(25)16-13-14-5-3-8-21-18(14)22-16/h1-3,5-8,13H,4,9-12H2,(H,21,22). The van der Waals surface area contributed by atoms with Crippen LogP contribution in [0, 0.1) is 0 Å². The third-order valence-electron chi connectivity index (χ3n) is 4.60. The van der Waals surface area contributed by atoms with Gasteiger partial charge in [-0.3, -0.25) is 4.79 Å². The minimum Gasteiger partial charge on any atom is -0.368 e. The van der Waals surface area contributed by atoms with Gasteiger partial charge in [0.2, 0.25) is 0 Å². The highest BCUT2D eigenvalue weighted by Crippen LogP contribution is 2.26. The van der Waals surface area contributed by atoms with Crippen LogP contribution in [0.4, 0.5) is 5.69 Å². The summed E-state index contributed by atoms with van der Waals surface area (Å²) in [4.78, 5) is 24.4. The van der Waals surface area contributed by atoms with E-state index in [0.29, 0.717) is 12.2 Å². The molecule has 4 rings (SSSR count). The summed E-state index contributed by atoms with van der Waals surface area (Å²) in [6, 6.07) is 13.6. The molecule has 1 saturated heterocycles. The largest absolute Gasteiger partial charge is 0.368 e. The predicted molar refractivity (Wildman–Crippen MR) is 100 cm³/mol. The normalized spacial score (nSPS) is 15.4. The number of nitrogens with one attached hydrogen (secondary N) is 1. The highest BCUT2D eigenvalue weighted by Gasteiger charge is 2.22. The van der Waals surface area contributed by atoms with E-state index in [-0.39, 0.29) is 5.91 Å². The summed E-state index contributed by atoms with van der Waals surface area (Å²) in [6.07, 6.45) is 2.63. The number of pyridine rings is 1. The molecular weight excluding hydrogens is 336 g/mol. The average molecular weight is 355 g/mol. The number of nitrogens with zero attached hydrogens (tertiary/aromatic N) is 3. The Balaban J connectivity index is 1.50. The van der Waals surface area contributed by atoms with E-state index >= 15 is 0 Å². The van der Waals surface area contributed by atoms with Crippen molar-refractivity contribution in [3.63, 3.8) is 0 Å². The lowest BCUT2D eigenvalue weighted by Crippen LogP contribution is -2.35. The number of amides is 1. The smallest absolute Gasteiger partial charge is 0.270 e. The maximum atomic E-state index is 12.9. The Bertz CT molecular complexity index is 874. The van der Waals surface area contributed by atoms with E-state index in [4.69, 9.17) is 11.6 Å². The SMILES string of the molecule is O=C(c1cc2cccnc2[nH]1)N1CCCN(c2ccccc2Cl)CC1. The van der Waals surface area contributed by atoms with Crippen molar-refractivity contribution >= 4 is 34.2 Å². The van der Waals surface area contributed by atoms with Gasteiger partial charge >= 0.3 is 0 Å². The molecule has 0 saturated carbocycles. The third kappa shape index (κ3) is 3.20. The molecule has 1 amide bonds. The molecule has 0 bridgehead atoms. The van der Waals surface area contributed by atoms with Crippen molar-refractivity contribution in [2.75, 3.05) is 31.1 Å². The molecule has 1 aliphatic heterocycles. The zero-order valence-electron chi connectivity index (χ0n) is 13.8. The van der Waals surface area contributed by atoms with Crippen LogP contribution in [0.1, 0.15) is 16.9 Å². The molecular formula is C19H19ClN4O. The van der Waals surface area contributed by atoms with Crippen LogP contribution in [0.25, 0.3) is 11.0 Å². The number of hydrogen-bond donors (Lipinski definition) is 1. The molecule has 1 aromatic carbocycles. The first-order chi connectivity index (χ1) is 12.2. The van der Waals surface area contributed by atoms with E-state index in [1.165, 1.54) is 0 Å². The Morgan fingerprint density at radius 1 is 1.08 bits per heavy atom. The van der Waals surface area contributed by atoms with E-state index < -0.39 is 0 Å². The number of carbonyl (C=O) groups is 1. The van der Waals surface area contributed by atoms with E-state index in [0.717, 1.165) is 47.8 Å². The zero-order chi connectivity index (χ0) is 17.2. The molecule has 128 valence electrons. The second-order valence-electron chi connectivity index (χ2n) is 6.21. The van der Waals surface area contributed by atoms with Crippen molar-refractivity contribution in [2.45, 2.75) is 6.42 Å². The average Bonchev–Trinajstić information content (AvgIpc) is 2.92. The number of anilines is 1. The van der Waals surface area contributed by atoms with E-state index in [1.54, 1.807) is 6.20 Å². The molecule has 5 nitrogen and oxygen atoms in total. The predicted octanol–water partition coefficient (Wildman–Crippen LogP) is 3.57. The molecule has 3 heterocycles. The zero-order valence-corrected chi connectivity index (χ0v) is 14.5. The number of halogens is 1. The first kappa shape index (κ1) is 16.0. The van der Waals surface area contributed by atoms with Gasteiger partial charge in [-0.2, -0.15) is 0 Å². The van der Waals surface area contributed by atoms with Crippen LogP contribution >= 0.6 is 11.6 Å². The topological polar surface area (TPSA) is 52.2 Å². The van der Waals surface area contributed by atoms with Crippen LogP contribution in [-0.4, -0.2) is 47.0 Å². The monoisotopic (exact) mass is 354 g/mol. The molecule has 25 heavy (non-hydrogen) atoms. The van der Waals surface area contributed by atoms with Crippen molar-refractivity contribution in [1.29, 1.82) is 0 Å². The van der Waals surface area contributed by atoms with Gasteiger partial charge in [0, 0.05) is 37.8 Å². The van der Waals surface area contributed by atoms with Gasteiger partial charge in [0.15, 0.2) is 0 Å². The Kier molecular flexibility index (Phi) is 4.32. The lowest BCUT2D eigenvalue weighted by Gasteiger charge is -2.24. The van der Waals surface area contributed by atoms with Crippen LogP contribution in [0.2, 0.25) is 5.02 Å². The molecule has 2 aromatic heterocycles. The number of fused-ring (bicyclic) bond motifs is 1. The molecule has 6 heteroatoms. The Morgan fingerprint density at radius 2 is 1.96 bits per heavy atom. The van der Waals surface area contributed by atoms with Crippen molar-refractivity contribution in [2.24, 2.45) is 0 Å². The Labute approximate surface area is 151 Å². The van der Waals surface area contributed by atoms with Crippen LogP contribution in [0.5, 0.6) is 0 Å². The van der Waals surface area contributed by atoms with Crippen molar-refractivity contribution < 1.29 is 4.79 Å². The van der Waals surface area contributed by atoms with Crippen LogP contribution in [-0.2, 0) is 0 Å². The fourth-order valence-corrected chi connectivity index (χ4v) is 3.57. The second kappa shape index (κ2) is 6.76. The molecule has 1 N–H and O–H groups in total. The molecule has 0 unspecified atom stereocenters. The lowest BCUT2D eigenvalue weighted by molar-refractivity contribution is 0.0762. The summed E-state index contributed by atoms with van der Waals surface area (Å²) in [5.74, 6) is 0.0269. The molecule has 0 atom stereocenters. The highest BCUT2D eigenvalue weighted by molar-refractivity contribution is 6.33. The van der Waals surface area contributed by atoms with E-state index in [1.807, 2.05) is 47.4 Å². The summed E-state index contributed by atoms with van der Waals surface area (Å²) < 4.78 is 0. The minimum atomic E-state index is 0.0269. The molecule has 1 aliphatic rings. The second-order valence-corrected chi connectivity index (χ2v) is 6.62. The van der Waals surface area contributed by atoms with Crippen LogP contribution in [0.3, 0.4) is 0 Å². The van der Waals surface area contributed by atoms with E-state index in [9.17, 15) is 4.79 Å². The van der Waals surface area contributed by atoms with Gasteiger partial charge in [-0.25, -0.2) is 4.98 Å². The van der Waals surface area contributed by atoms with Gasteiger partial charge in [0.05, 0.1) is 10.7 Å². The highest BCUT2D eigenvalue weighted by atomic mass is 35.5. The number of carbonyl (C=O) groups excluding carboxylic acids is 1. The quantitative estimate of drug-likeness (QED) is 0.765. The number of para-hydroxylation sites is 1. The summed E-state index contributed by atoms with van der Waals surface area (Å²) in [6.45, 7) is 3.07. The fraction of sp³-hybridized carbons (Fsp3) is 0.263. The summed E-state index contributed by atoms with van der Waals surface area (Å²) in [5.41, 5.74) is 2.38. The minimum absolute atomic E-state index is 0.0269. The first-order valence-corrected chi connectivity index (χ1v) is 8.83. The molecule has 0 spiro atoms. The molecule has 3 aromatic rings. The first-order valence-electron chi connectivity index (χ1n) is 8.45. The Morgan fingerprint density at radius 3 is 2.80 bits per heavy atom. The van der Waals surface area contributed by atoms with Gasteiger partial charge in [-0.05, 0) is 36.8 Å². The number of H-pyrrole nitrogens is 1. The van der Waals surface area contributed by atoms with Gasteiger partial charge < -0.3 is 14.8 Å². The summed E-state index contributed by atoms with van der Waals surface area (Å²) in [5, 5.41) is 1.71. The molecule has 1 fully saturated rings. The van der Waals surface area contributed by atoms with Crippen LogP contribution in [0.15, 0.2) is 48.7 Å². The molecule has 0 radical (unpaired) electrons. The van der Waals surface area contributed by atoms with Gasteiger partial charge in [-0.15, -0.1) is 0 Å². The number of rotatable bonds is 2. The van der Waals surface area contributed by atoms with Crippen molar-refractivity contribution in [3.05, 3.63) is 59.4 Å². The fourth-order valence-electron chi connectivity index (χ4n) is 3.31. The van der Waals surface area contributed by atoms with Crippen molar-refractivity contribution in [1.82, 2.24) is 14.9 Å². The Hall–Kier alpha value is -2.53. The van der Waals surface area contributed by atoms with Gasteiger partial charge in [0.25, 0.3) is 5.91 Å². The summed E-state index contributed by atoms with van der Waals surface area (Å²) in [7, 11) is 0. The van der Waals surface area contributed by atoms with Crippen molar-refractivity contribution in [3.8, 4) is 0 Å². The number of aromatic amines is 1. The number of aromatic nitrogens is 2. The van der Waals surface area contributed by atoms with Crippen LogP contribution < -0.4 is 4.90 Å². The number of hydrogen-bond acceptors (Lipinski definition) is 3. The third-order valence-corrected chi connectivity index (χ3v) is 4.92. The van der Waals surface area contributed by atoms with Gasteiger partial charge in [0.1, 0.15) is 11.3 Å². The van der Waals surface area contributed by atoms with E-state index in [2.05, 4.69) is 14.9 Å². The number of benzene rings is 1. The maximum absolute atomic E-state index is 12.9. The maximum Gasteiger partial charge on any atom is 0.270 e. The van der Waals surface area contributed by atoms with Gasteiger partial charge in [-0.1, -0.05) is 23.7 Å². The molecule has 0 aliphatic carbocycles.